The number of methoxy groups -OCH3 is 1. The van der Waals surface area contributed by atoms with Crippen LogP contribution in [0.1, 0.15) is 21.7 Å². The van der Waals surface area contributed by atoms with Crippen molar-refractivity contribution >= 4 is 5.91 Å². The minimum Gasteiger partial charge on any atom is -0.486 e. The summed E-state index contributed by atoms with van der Waals surface area (Å²) in [6.07, 6.45) is 1.34. The van der Waals surface area contributed by atoms with E-state index in [-0.39, 0.29) is 6.61 Å². The maximum atomic E-state index is 11.3. The largest absolute Gasteiger partial charge is 0.486 e. The number of hydrogen-bond acceptors (Lipinski definition) is 5. The molecule has 0 bridgehead atoms. The highest BCUT2D eigenvalue weighted by molar-refractivity contribution is 5.93. The minimum atomic E-state index is -0.401. The van der Waals surface area contributed by atoms with Gasteiger partial charge >= 0.3 is 0 Å². The first-order valence-corrected chi connectivity index (χ1v) is 6.02. The number of rotatable bonds is 6. The second kappa shape index (κ2) is 6.74. The number of carbonyl (C=O) groups is 1. The molecule has 2 aromatic rings. The van der Waals surface area contributed by atoms with Crippen LogP contribution in [0.15, 0.2) is 41.0 Å². The van der Waals surface area contributed by atoms with E-state index in [9.17, 15) is 4.79 Å². The average molecular weight is 276 g/mol. The highest BCUT2D eigenvalue weighted by Crippen LogP contribution is 2.16. The number of ether oxygens (including phenoxy) is 2. The zero-order chi connectivity index (χ0) is 14.4. The molecule has 0 aliphatic heterocycles. The fourth-order valence-corrected chi connectivity index (χ4v) is 1.70. The summed E-state index contributed by atoms with van der Waals surface area (Å²) in [6, 6.07) is 9.16. The van der Waals surface area contributed by atoms with Gasteiger partial charge in [-0.3, -0.25) is 10.2 Å². The van der Waals surface area contributed by atoms with Crippen molar-refractivity contribution in [2.24, 2.45) is 5.84 Å². The number of benzene rings is 1. The standard InChI is InChI=1S/C14H16N2O4/c1-18-7-10-3-2-4-12(5-10)20-9-13-6-11(8-19-13)14(17)16-15/h2-6,8H,7,9,15H2,1H3,(H,16,17). The van der Waals surface area contributed by atoms with Crippen molar-refractivity contribution in [1.29, 1.82) is 0 Å². The Morgan fingerprint density at radius 3 is 2.95 bits per heavy atom. The van der Waals surface area contributed by atoms with Crippen LogP contribution in [0, 0.1) is 0 Å². The second-order valence-electron chi connectivity index (χ2n) is 4.14. The lowest BCUT2D eigenvalue weighted by molar-refractivity contribution is 0.0953. The Morgan fingerprint density at radius 2 is 2.20 bits per heavy atom. The van der Waals surface area contributed by atoms with Crippen LogP contribution in [0.4, 0.5) is 0 Å². The molecule has 0 saturated carbocycles. The zero-order valence-corrected chi connectivity index (χ0v) is 11.1. The van der Waals surface area contributed by atoms with E-state index in [1.54, 1.807) is 13.2 Å². The molecule has 0 aliphatic rings. The van der Waals surface area contributed by atoms with E-state index in [0.29, 0.717) is 23.7 Å². The van der Waals surface area contributed by atoms with Crippen molar-refractivity contribution in [2.75, 3.05) is 7.11 Å². The molecule has 6 nitrogen and oxygen atoms in total. The van der Waals surface area contributed by atoms with Gasteiger partial charge in [0.15, 0.2) is 0 Å². The molecule has 0 fully saturated rings. The van der Waals surface area contributed by atoms with E-state index in [4.69, 9.17) is 19.7 Å². The van der Waals surface area contributed by atoms with Crippen LogP contribution in [0.25, 0.3) is 0 Å². The Kier molecular flexibility index (Phi) is 4.75. The molecule has 0 saturated heterocycles. The van der Waals surface area contributed by atoms with Gasteiger partial charge in [0.1, 0.15) is 24.4 Å². The second-order valence-corrected chi connectivity index (χ2v) is 4.14. The van der Waals surface area contributed by atoms with Crippen LogP contribution >= 0.6 is 0 Å². The van der Waals surface area contributed by atoms with Crippen molar-refractivity contribution in [2.45, 2.75) is 13.2 Å². The molecule has 1 heterocycles. The Labute approximate surface area is 116 Å². The SMILES string of the molecule is COCc1cccc(OCc2cc(C(=O)NN)co2)c1. The Morgan fingerprint density at radius 1 is 1.35 bits per heavy atom. The number of hydrazine groups is 1. The molecule has 2 rings (SSSR count). The van der Waals surface area contributed by atoms with Gasteiger partial charge in [-0.15, -0.1) is 0 Å². The van der Waals surface area contributed by atoms with E-state index >= 15 is 0 Å². The van der Waals surface area contributed by atoms with Gasteiger partial charge in [0.25, 0.3) is 5.91 Å². The monoisotopic (exact) mass is 276 g/mol. The highest BCUT2D eigenvalue weighted by Gasteiger charge is 2.09. The summed E-state index contributed by atoms with van der Waals surface area (Å²) in [5.74, 6) is 5.89. The third-order valence-corrected chi connectivity index (χ3v) is 2.64. The fourth-order valence-electron chi connectivity index (χ4n) is 1.70. The summed E-state index contributed by atoms with van der Waals surface area (Å²) in [6.45, 7) is 0.757. The number of furan rings is 1. The maximum Gasteiger partial charge on any atom is 0.268 e. The van der Waals surface area contributed by atoms with E-state index < -0.39 is 5.91 Å². The predicted molar refractivity (Wildman–Crippen MR) is 71.8 cm³/mol. The molecule has 20 heavy (non-hydrogen) atoms. The first kappa shape index (κ1) is 14.1. The van der Waals surface area contributed by atoms with Gasteiger partial charge in [-0.2, -0.15) is 0 Å². The number of amides is 1. The topological polar surface area (TPSA) is 86.7 Å². The lowest BCUT2D eigenvalue weighted by atomic mass is 10.2. The summed E-state index contributed by atoms with van der Waals surface area (Å²) in [4.78, 5) is 11.3. The smallest absolute Gasteiger partial charge is 0.268 e. The Bertz CT molecular complexity index is 580. The highest BCUT2D eigenvalue weighted by atomic mass is 16.5. The van der Waals surface area contributed by atoms with Crippen molar-refractivity contribution < 1.29 is 18.7 Å². The van der Waals surface area contributed by atoms with Gasteiger partial charge in [0, 0.05) is 7.11 Å². The normalized spacial score (nSPS) is 10.3. The van der Waals surface area contributed by atoms with Crippen LogP contribution in [0.3, 0.4) is 0 Å². The number of carbonyl (C=O) groups excluding carboxylic acids is 1. The number of hydrogen-bond donors (Lipinski definition) is 2. The summed E-state index contributed by atoms with van der Waals surface area (Å²) in [5, 5.41) is 0. The van der Waals surface area contributed by atoms with Crippen LogP contribution in [0.5, 0.6) is 5.75 Å². The molecule has 6 heteroatoms. The van der Waals surface area contributed by atoms with E-state index in [2.05, 4.69) is 0 Å². The maximum absolute atomic E-state index is 11.3. The molecular weight excluding hydrogens is 260 g/mol. The van der Waals surface area contributed by atoms with Gasteiger partial charge in [-0.05, 0) is 23.8 Å². The molecule has 1 amide bonds. The summed E-state index contributed by atoms with van der Waals surface area (Å²) in [5.41, 5.74) is 3.42. The predicted octanol–water partition coefficient (Wildman–Crippen LogP) is 1.61. The molecule has 1 aromatic carbocycles. The number of nitrogens with two attached hydrogens (primary N) is 1. The summed E-state index contributed by atoms with van der Waals surface area (Å²) < 4.78 is 15.9. The van der Waals surface area contributed by atoms with E-state index in [0.717, 1.165) is 5.56 Å². The first-order chi connectivity index (χ1) is 9.72. The van der Waals surface area contributed by atoms with Gasteiger partial charge in [-0.25, -0.2) is 5.84 Å². The van der Waals surface area contributed by atoms with Gasteiger partial charge in [-0.1, -0.05) is 12.1 Å². The summed E-state index contributed by atoms with van der Waals surface area (Å²) in [7, 11) is 1.64. The first-order valence-electron chi connectivity index (χ1n) is 6.02. The molecule has 0 unspecified atom stereocenters. The quantitative estimate of drug-likeness (QED) is 0.475. The van der Waals surface area contributed by atoms with Crippen LogP contribution in [0.2, 0.25) is 0 Å². The third-order valence-electron chi connectivity index (χ3n) is 2.64. The van der Waals surface area contributed by atoms with Crippen molar-refractivity contribution in [3.8, 4) is 5.75 Å². The lowest BCUT2D eigenvalue weighted by Crippen LogP contribution is -2.29. The molecule has 0 spiro atoms. The summed E-state index contributed by atoms with van der Waals surface area (Å²) >= 11 is 0. The van der Waals surface area contributed by atoms with Crippen LogP contribution in [-0.2, 0) is 18.0 Å². The van der Waals surface area contributed by atoms with Crippen LogP contribution in [-0.4, -0.2) is 13.0 Å². The Hall–Kier alpha value is -2.31. The minimum absolute atomic E-state index is 0.230. The van der Waals surface area contributed by atoms with E-state index in [1.165, 1.54) is 6.26 Å². The lowest BCUT2D eigenvalue weighted by Gasteiger charge is -2.06. The molecular formula is C14H16N2O4. The molecule has 0 atom stereocenters. The molecule has 106 valence electrons. The van der Waals surface area contributed by atoms with E-state index in [1.807, 2.05) is 29.7 Å². The Balaban J connectivity index is 1.96. The number of nitrogen functional groups attached to an aromatic ring is 1. The fraction of sp³-hybridized carbons (Fsp3) is 0.214. The van der Waals surface area contributed by atoms with Crippen molar-refractivity contribution in [1.82, 2.24) is 5.43 Å². The molecule has 0 radical (unpaired) electrons. The molecule has 1 aromatic heterocycles. The van der Waals surface area contributed by atoms with Crippen molar-refractivity contribution in [3.05, 3.63) is 53.5 Å². The molecule has 3 N–H and O–H groups in total. The third kappa shape index (κ3) is 3.59. The zero-order valence-electron chi connectivity index (χ0n) is 11.1. The van der Waals surface area contributed by atoms with Crippen LogP contribution < -0.4 is 16.0 Å². The number of nitrogens with one attached hydrogen (secondary N) is 1. The van der Waals surface area contributed by atoms with Gasteiger partial charge in [0.05, 0.1) is 12.2 Å². The molecule has 0 aliphatic carbocycles. The average Bonchev–Trinajstić information content (AvgIpc) is 2.94. The van der Waals surface area contributed by atoms with Gasteiger partial charge in [0.2, 0.25) is 0 Å². The van der Waals surface area contributed by atoms with Crippen molar-refractivity contribution in [3.63, 3.8) is 0 Å². The van der Waals surface area contributed by atoms with Gasteiger partial charge < -0.3 is 13.9 Å².